The number of hydrogen-bond donors (Lipinski definition) is 1. The molecule has 1 N–H and O–H groups in total. The fourth-order valence-electron chi connectivity index (χ4n) is 6.24. The molecule has 10 nitrogen and oxygen atoms in total. The summed E-state index contributed by atoms with van der Waals surface area (Å²) in [6.45, 7) is 2.14. The first-order chi connectivity index (χ1) is 18.3. The highest BCUT2D eigenvalue weighted by Gasteiger charge is 2.51. The monoisotopic (exact) mass is 527 g/mol. The Labute approximate surface area is 217 Å². The lowest BCUT2D eigenvalue weighted by molar-refractivity contribution is -0.170. The first kappa shape index (κ1) is 24.7. The Balaban J connectivity index is 1.10. The van der Waals surface area contributed by atoms with Crippen LogP contribution < -0.4 is 0 Å². The summed E-state index contributed by atoms with van der Waals surface area (Å²) in [6.07, 6.45) is 4.77. The van der Waals surface area contributed by atoms with E-state index in [0.29, 0.717) is 39.0 Å². The molecule has 3 aliphatic rings. The van der Waals surface area contributed by atoms with Crippen LogP contribution in [0.5, 0.6) is 0 Å². The third-order valence-corrected chi connectivity index (χ3v) is 8.31. The number of nitrogens with zero attached hydrogens (tertiary/aromatic N) is 8. The van der Waals surface area contributed by atoms with E-state index < -0.39 is 23.8 Å². The number of alkyl halides is 3. The Morgan fingerprint density at radius 2 is 1.97 bits per heavy atom. The maximum absolute atomic E-state index is 13.3. The molecule has 3 aromatic heterocycles. The molecule has 0 bridgehead atoms. The number of rotatable bonds is 4. The van der Waals surface area contributed by atoms with Gasteiger partial charge in [-0.1, -0.05) is 0 Å². The third kappa shape index (κ3) is 4.16. The molecule has 1 saturated carbocycles. The standard InChI is InChI=1S/C25H28F3N9O/c26-25(27,28)20-2-1-7-36(20)23(38)35-10-8-34(9-11-35)18-12-24(13-18,4-5-29)37-15-17(14-33-37)21-19-3-6-30-22(19)32-16-31-21/h3,6,14-16,18,20H,1-2,4,7-13H2,(H,30,31,32)/t18?,20-,24?/m1/s1. The van der Waals surface area contributed by atoms with Gasteiger partial charge in [-0.15, -0.1) is 0 Å². The molecular formula is C25H28F3N9O. The summed E-state index contributed by atoms with van der Waals surface area (Å²) in [5.41, 5.74) is 1.94. The van der Waals surface area contributed by atoms with Crippen LogP contribution in [0.25, 0.3) is 22.3 Å². The first-order valence-electron chi connectivity index (χ1n) is 12.9. The van der Waals surface area contributed by atoms with Crippen molar-refractivity contribution in [3.05, 3.63) is 31.0 Å². The van der Waals surface area contributed by atoms with Gasteiger partial charge in [0.05, 0.1) is 29.9 Å². The van der Waals surface area contributed by atoms with Gasteiger partial charge >= 0.3 is 12.2 Å². The van der Waals surface area contributed by atoms with E-state index in [1.807, 2.05) is 23.1 Å². The fraction of sp³-hybridized carbons (Fsp3) is 0.560. The second-order valence-electron chi connectivity index (χ2n) is 10.5. The van der Waals surface area contributed by atoms with Crippen LogP contribution in [0, 0.1) is 11.3 Å². The van der Waals surface area contributed by atoms with Crippen LogP contribution in [-0.4, -0.2) is 96.4 Å². The second kappa shape index (κ2) is 9.27. The number of aromatic nitrogens is 5. The van der Waals surface area contributed by atoms with E-state index in [4.69, 9.17) is 0 Å². The summed E-state index contributed by atoms with van der Waals surface area (Å²) >= 11 is 0. The van der Waals surface area contributed by atoms with Gasteiger partial charge in [0.2, 0.25) is 0 Å². The van der Waals surface area contributed by atoms with E-state index in [9.17, 15) is 23.2 Å². The third-order valence-electron chi connectivity index (χ3n) is 8.31. The maximum atomic E-state index is 13.3. The number of fused-ring (bicyclic) bond motifs is 1. The van der Waals surface area contributed by atoms with Crippen molar-refractivity contribution < 1.29 is 18.0 Å². The Morgan fingerprint density at radius 1 is 1.18 bits per heavy atom. The van der Waals surface area contributed by atoms with Crippen LogP contribution in [0.4, 0.5) is 18.0 Å². The van der Waals surface area contributed by atoms with E-state index in [-0.39, 0.29) is 19.0 Å². The number of carbonyl (C=O) groups excluding carboxylic acids is 1. The number of nitriles is 1. The summed E-state index contributed by atoms with van der Waals surface area (Å²) in [7, 11) is 0. The summed E-state index contributed by atoms with van der Waals surface area (Å²) in [5, 5.41) is 15.1. The van der Waals surface area contributed by atoms with E-state index in [0.717, 1.165) is 40.0 Å². The average Bonchev–Trinajstić information content (AvgIpc) is 3.65. The molecule has 200 valence electrons. The van der Waals surface area contributed by atoms with Crippen molar-refractivity contribution in [2.75, 3.05) is 32.7 Å². The van der Waals surface area contributed by atoms with Crippen molar-refractivity contribution in [1.29, 1.82) is 5.26 Å². The molecule has 5 heterocycles. The minimum atomic E-state index is -4.39. The van der Waals surface area contributed by atoms with Gasteiger partial charge in [-0.25, -0.2) is 14.8 Å². The molecule has 2 amide bonds. The average molecular weight is 528 g/mol. The first-order valence-corrected chi connectivity index (χ1v) is 12.9. The van der Waals surface area contributed by atoms with Crippen molar-refractivity contribution >= 4 is 17.1 Å². The number of halogens is 3. The molecule has 38 heavy (non-hydrogen) atoms. The van der Waals surface area contributed by atoms with Gasteiger partial charge < -0.3 is 14.8 Å². The molecule has 3 aromatic rings. The Kier molecular flexibility index (Phi) is 6.02. The number of nitrogens with one attached hydrogen (secondary N) is 1. The predicted octanol–water partition coefficient (Wildman–Crippen LogP) is 3.36. The fourth-order valence-corrected chi connectivity index (χ4v) is 6.24. The SMILES string of the molecule is N#CCC1(n2cc(-c3ncnc4[nH]ccc34)cn2)CC(N2CCN(C(=O)N3CCC[C@@H]3C(F)(F)F)CC2)C1. The van der Waals surface area contributed by atoms with Crippen LogP contribution in [-0.2, 0) is 5.54 Å². The number of H-pyrrole nitrogens is 1. The Hall–Kier alpha value is -3.66. The van der Waals surface area contributed by atoms with Crippen molar-refractivity contribution in [1.82, 2.24) is 39.4 Å². The highest BCUT2D eigenvalue weighted by Crippen LogP contribution is 2.45. The van der Waals surface area contributed by atoms with E-state index in [1.165, 1.54) is 6.33 Å². The molecule has 0 aromatic carbocycles. The predicted molar refractivity (Wildman–Crippen MR) is 131 cm³/mol. The van der Waals surface area contributed by atoms with Gasteiger partial charge in [0, 0.05) is 62.1 Å². The van der Waals surface area contributed by atoms with Crippen LogP contribution in [0.1, 0.15) is 32.1 Å². The van der Waals surface area contributed by atoms with Crippen LogP contribution >= 0.6 is 0 Å². The molecule has 1 aliphatic carbocycles. The minimum Gasteiger partial charge on any atom is -0.346 e. The van der Waals surface area contributed by atoms with Crippen molar-refractivity contribution in [2.24, 2.45) is 0 Å². The molecular weight excluding hydrogens is 499 g/mol. The topological polar surface area (TPSA) is 110 Å². The second-order valence-corrected chi connectivity index (χ2v) is 10.5. The van der Waals surface area contributed by atoms with Gasteiger partial charge in [-0.05, 0) is 31.7 Å². The molecule has 0 unspecified atom stereocenters. The van der Waals surface area contributed by atoms with Crippen LogP contribution in [0.15, 0.2) is 31.0 Å². The summed E-state index contributed by atoms with van der Waals surface area (Å²) in [4.78, 5) is 29.4. The lowest BCUT2D eigenvalue weighted by Gasteiger charge is -2.52. The quantitative estimate of drug-likeness (QED) is 0.557. The number of amides is 2. The van der Waals surface area contributed by atoms with Crippen LogP contribution in [0.2, 0.25) is 0 Å². The van der Waals surface area contributed by atoms with Gasteiger partial charge in [-0.2, -0.15) is 23.5 Å². The van der Waals surface area contributed by atoms with Gasteiger partial charge in [0.1, 0.15) is 18.0 Å². The number of hydrogen-bond acceptors (Lipinski definition) is 6. The zero-order chi connectivity index (χ0) is 26.5. The highest BCUT2D eigenvalue weighted by molar-refractivity contribution is 5.90. The smallest absolute Gasteiger partial charge is 0.346 e. The molecule has 6 rings (SSSR count). The molecule has 2 saturated heterocycles. The van der Waals surface area contributed by atoms with Gasteiger partial charge in [-0.3, -0.25) is 9.58 Å². The lowest BCUT2D eigenvalue weighted by atomic mass is 9.70. The van der Waals surface area contributed by atoms with E-state index >= 15 is 0 Å². The zero-order valence-corrected chi connectivity index (χ0v) is 20.7. The van der Waals surface area contributed by atoms with Gasteiger partial charge in [0.25, 0.3) is 0 Å². The number of piperazine rings is 1. The normalized spacial score (nSPS) is 26.5. The number of aromatic amines is 1. The molecule has 2 aliphatic heterocycles. The lowest BCUT2D eigenvalue weighted by Crippen LogP contribution is -2.62. The maximum Gasteiger partial charge on any atom is 0.408 e. The molecule has 0 spiro atoms. The van der Waals surface area contributed by atoms with Gasteiger partial charge in [0.15, 0.2) is 0 Å². The molecule has 1 atom stereocenters. The summed E-state index contributed by atoms with van der Waals surface area (Å²) < 4.78 is 41.9. The summed E-state index contributed by atoms with van der Waals surface area (Å²) in [5.74, 6) is 0. The van der Waals surface area contributed by atoms with Crippen molar-refractivity contribution in [2.45, 2.75) is 55.9 Å². The molecule has 3 fully saturated rings. The Morgan fingerprint density at radius 3 is 2.71 bits per heavy atom. The summed E-state index contributed by atoms with van der Waals surface area (Å²) in [6, 6.07) is 2.27. The van der Waals surface area contributed by atoms with Crippen LogP contribution in [0.3, 0.4) is 0 Å². The number of carbonyl (C=O) groups is 1. The Bertz CT molecular complexity index is 1360. The van der Waals surface area contributed by atoms with E-state index in [2.05, 4.69) is 31.0 Å². The van der Waals surface area contributed by atoms with Crippen molar-refractivity contribution in [3.63, 3.8) is 0 Å². The van der Waals surface area contributed by atoms with Crippen molar-refractivity contribution in [3.8, 4) is 17.3 Å². The number of likely N-dealkylation sites (tertiary alicyclic amines) is 1. The molecule has 13 heteroatoms. The largest absolute Gasteiger partial charge is 0.408 e. The minimum absolute atomic E-state index is 0.0271. The molecule has 0 radical (unpaired) electrons. The van der Waals surface area contributed by atoms with E-state index in [1.54, 1.807) is 11.1 Å². The highest BCUT2D eigenvalue weighted by atomic mass is 19.4. The zero-order valence-electron chi connectivity index (χ0n) is 20.7. The number of urea groups is 1.